The Morgan fingerprint density at radius 3 is 2.18 bits per heavy atom. The Morgan fingerprint density at radius 1 is 1.00 bits per heavy atom. The van der Waals surface area contributed by atoms with Crippen molar-refractivity contribution in [3.8, 4) is 0 Å². The Balaban J connectivity index is 1.57. The molecule has 0 aromatic heterocycles. The first-order valence-corrected chi connectivity index (χ1v) is 4.71. The molecule has 0 radical (unpaired) electrons. The summed E-state index contributed by atoms with van der Waals surface area (Å²) in [5.74, 6) is 2.08. The van der Waals surface area contributed by atoms with E-state index in [2.05, 4.69) is 4.90 Å². The lowest BCUT2D eigenvalue weighted by atomic mass is 10.0. The first kappa shape index (κ1) is 6.41. The molecule has 3 rings (SSSR count). The van der Waals surface area contributed by atoms with Crippen LogP contribution in [0.5, 0.6) is 0 Å². The second-order valence-electron chi connectivity index (χ2n) is 4.43. The van der Waals surface area contributed by atoms with Crippen LogP contribution in [0.1, 0.15) is 19.3 Å². The molecule has 62 valence electrons. The summed E-state index contributed by atoms with van der Waals surface area (Å²) in [4.78, 5) is 2.33. The highest BCUT2D eigenvalue weighted by Crippen LogP contribution is 2.53. The van der Waals surface area contributed by atoms with Crippen LogP contribution in [0.25, 0.3) is 0 Å². The molecule has 0 aromatic rings. The Labute approximate surface area is 66.6 Å². The Bertz CT molecular complexity index is 166. The molecule has 0 aromatic carbocycles. The molecular formula is C9H14FN. The van der Waals surface area contributed by atoms with Crippen molar-refractivity contribution in [3.63, 3.8) is 0 Å². The van der Waals surface area contributed by atoms with Gasteiger partial charge in [-0.25, -0.2) is 4.39 Å². The van der Waals surface area contributed by atoms with E-state index in [9.17, 15) is 4.39 Å². The van der Waals surface area contributed by atoms with Crippen molar-refractivity contribution in [2.45, 2.75) is 31.5 Å². The first-order chi connectivity index (χ1) is 5.33. The number of likely N-dealkylation sites (tertiary alicyclic amines) is 1. The van der Waals surface area contributed by atoms with Crippen molar-refractivity contribution in [3.05, 3.63) is 0 Å². The lowest BCUT2D eigenvalue weighted by Crippen LogP contribution is -2.53. The Morgan fingerprint density at radius 2 is 1.64 bits per heavy atom. The molecule has 1 heterocycles. The summed E-state index contributed by atoms with van der Waals surface area (Å²) in [7, 11) is 0. The SMILES string of the molecule is FC1CN(C2CC3CC3C2)C1. The van der Waals surface area contributed by atoms with Gasteiger partial charge in [-0.05, 0) is 31.1 Å². The average molecular weight is 155 g/mol. The van der Waals surface area contributed by atoms with Gasteiger partial charge in [0.2, 0.25) is 0 Å². The van der Waals surface area contributed by atoms with Crippen molar-refractivity contribution in [2.75, 3.05) is 13.1 Å². The fourth-order valence-corrected chi connectivity index (χ4v) is 2.73. The second kappa shape index (κ2) is 1.98. The van der Waals surface area contributed by atoms with E-state index in [-0.39, 0.29) is 0 Å². The third-order valence-electron chi connectivity index (χ3n) is 3.60. The second-order valence-corrected chi connectivity index (χ2v) is 4.43. The smallest absolute Gasteiger partial charge is 0.125 e. The van der Waals surface area contributed by atoms with E-state index in [1.165, 1.54) is 19.3 Å². The zero-order chi connectivity index (χ0) is 7.42. The van der Waals surface area contributed by atoms with Gasteiger partial charge in [-0.1, -0.05) is 0 Å². The quantitative estimate of drug-likeness (QED) is 0.554. The maximum atomic E-state index is 12.5. The molecule has 0 amide bonds. The summed E-state index contributed by atoms with van der Waals surface area (Å²) in [6.07, 6.45) is 3.71. The molecular weight excluding hydrogens is 141 g/mol. The Kier molecular flexibility index (Phi) is 1.15. The van der Waals surface area contributed by atoms with Gasteiger partial charge in [0.05, 0.1) is 0 Å². The molecule has 0 spiro atoms. The molecule has 3 fully saturated rings. The summed E-state index contributed by atoms with van der Waals surface area (Å²) in [6, 6.07) is 0.769. The van der Waals surface area contributed by atoms with E-state index in [1.807, 2.05) is 0 Å². The number of hydrogen-bond donors (Lipinski definition) is 0. The van der Waals surface area contributed by atoms with E-state index < -0.39 is 6.17 Å². The van der Waals surface area contributed by atoms with Crippen LogP contribution in [0.2, 0.25) is 0 Å². The molecule has 0 bridgehead atoms. The number of fused-ring (bicyclic) bond motifs is 1. The van der Waals surface area contributed by atoms with Crippen molar-refractivity contribution < 1.29 is 4.39 Å². The van der Waals surface area contributed by atoms with Crippen LogP contribution < -0.4 is 0 Å². The lowest BCUT2D eigenvalue weighted by Gasteiger charge is -2.39. The van der Waals surface area contributed by atoms with E-state index in [4.69, 9.17) is 0 Å². The number of halogens is 1. The summed E-state index contributed by atoms with van der Waals surface area (Å²) >= 11 is 0. The molecule has 1 saturated heterocycles. The fourth-order valence-electron chi connectivity index (χ4n) is 2.73. The van der Waals surface area contributed by atoms with Crippen molar-refractivity contribution >= 4 is 0 Å². The predicted molar refractivity (Wildman–Crippen MR) is 41.1 cm³/mol. The highest BCUT2D eigenvalue weighted by Gasteiger charge is 2.49. The normalized spacial score (nSPS) is 50.5. The average Bonchev–Trinajstić information content (AvgIpc) is 2.53. The summed E-state index contributed by atoms with van der Waals surface area (Å²) < 4.78 is 12.5. The highest BCUT2D eigenvalue weighted by atomic mass is 19.1. The molecule has 2 unspecified atom stereocenters. The van der Waals surface area contributed by atoms with Crippen molar-refractivity contribution in [1.82, 2.24) is 4.90 Å². The molecule has 2 atom stereocenters. The van der Waals surface area contributed by atoms with Gasteiger partial charge in [0.25, 0.3) is 0 Å². The van der Waals surface area contributed by atoms with Crippen LogP contribution in [-0.2, 0) is 0 Å². The summed E-state index contributed by atoms with van der Waals surface area (Å²) in [5.41, 5.74) is 0. The molecule has 1 nitrogen and oxygen atoms in total. The van der Waals surface area contributed by atoms with Crippen LogP contribution in [-0.4, -0.2) is 30.2 Å². The van der Waals surface area contributed by atoms with E-state index >= 15 is 0 Å². The van der Waals surface area contributed by atoms with Gasteiger partial charge < -0.3 is 0 Å². The van der Waals surface area contributed by atoms with Crippen LogP contribution >= 0.6 is 0 Å². The Hall–Kier alpha value is -0.110. The van der Waals surface area contributed by atoms with Gasteiger partial charge in [0.15, 0.2) is 0 Å². The number of rotatable bonds is 1. The minimum absolute atomic E-state index is 0.507. The van der Waals surface area contributed by atoms with Crippen molar-refractivity contribution in [1.29, 1.82) is 0 Å². The number of hydrogen-bond acceptors (Lipinski definition) is 1. The molecule has 1 aliphatic heterocycles. The van der Waals surface area contributed by atoms with Crippen molar-refractivity contribution in [2.24, 2.45) is 11.8 Å². The largest absolute Gasteiger partial charge is 0.294 e. The highest BCUT2D eigenvalue weighted by molar-refractivity contribution is 5.01. The molecule has 11 heavy (non-hydrogen) atoms. The maximum Gasteiger partial charge on any atom is 0.125 e. The van der Waals surface area contributed by atoms with Crippen LogP contribution in [0.3, 0.4) is 0 Å². The minimum atomic E-state index is -0.507. The van der Waals surface area contributed by atoms with E-state index in [1.54, 1.807) is 0 Å². The summed E-state index contributed by atoms with van der Waals surface area (Å²) in [6.45, 7) is 1.45. The molecule has 0 N–H and O–H groups in total. The van der Waals surface area contributed by atoms with Crippen LogP contribution in [0.15, 0.2) is 0 Å². The third kappa shape index (κ3) is 0.919. The maximum absolute atomic E-state index is 12.5. The van der Waals surface area contributed by atoms with Crippen LogP contribution in [0, 0.1) is 11.8 Å². The standard InChI is InChI=1S/C9H14FN/c10-8-4-11(5-8)9-2-6-1-7(6)3-9/h6-9H,1-5H2. The third-order valence-corrected chi connectivity index (χ3v) is 3.60. The predicted octanol–water partition coefficient (Wildman–Crippen LogP) is 1.44. The monoisotopic (exact) mass is 155 g/mol. The van der Waals surface area contributed by atoms with Gasteiger partial charge in [-0.2, -0.15) is 0 Å². The van der Waals surface area contributed by atoms with Crippen LogP contribution in [0.4, 0.5) is 4.39 Å². The van der Waals surface area contributed by atoms with Gasteiger partial charge in [-0.15, -0.1) is 0 Å². The zero-order valence-corrected chi connectivity index (χ0v) is 6.67. The number of alkyl halides is 1. The van der Waals surface area contributed by atoms with Gasteiger partial charge in [-0.3, -0.25) is 4.90 Å². The summed E-state index contributed by atoms with van der Waals surface area (Å²) in [5, 5.41) is 0. The first-order valence-electron chi connectivity index (χ1n) is 4.71. The lowest BCUT2D eigenvalue weighted by molar-refractivity contribution is 0.0255. The minimum Gasteiger partial charge on any atom is -0.294 e. The number of nitrogens with zero attached hydrogens (tertiary/aromatic N) is 1. The fraction of sp³-hybridized carbons (Fsp3) is 1.00. The molecule has 2 saturated carbocycles. The van der Waals surface area contributed by atoms with Gasteiger partial charge in [0.1, 0.15) is 6.17 Å². The van der Waals surface area contributed by atoms with E-state index in [0.29, 0.717) is 0 Å². The topological polar surface area (TPSA) is 3.24 Å². The van der Waals surface area contributed by atoms with Gasteiger partial charge >= 0.3 is 0 Å². The molecule has 2 aliphatic carbocycles. The van der Waals surface area contributed by atoms with E-state index in [0.717, 1.165) is 31.0 Å². The molecule has 3 aliphatic rings. The van der Waals surface area contributed by atoms with Gasteiger partial charge in [0, 0.05) is 19.1 Å². The zero-order valence-electron chi connectivity index (χ0n) is 6.67. The molecule has 2 heteroatoms.